The summed E-state index contributed by atoms with van der Waals surface area (Å²) in [6, 6.07) is -0.944. The molecular formula is C68H131NO11S. The lowest BCUT2D eigenvalue weighted by atomic mass is 9.99. The molecule has 0 saturated carbocycles. The van der Waals surface area contributed by atoms with Crippen molar-refractivity contribution in [2.24, 2.45) is 0 Å². The summed E-state index contributed by atoms with van der Waals surface area (Å²) in [7, 11) is -5.09. The minimum absolute atomic E-state index is 0.255. The lowest BCUT2D eigenvalue weighted by Crippen LogP contribution is -2.61. The summed E-state index contributed by atoms with van der Waals surface area (Å²) < 4.78 is 48.0. The molecule has 1 rings (SSSR count). The summed E-state index contributed by atoms with van der Waals surface area (Å²) in [5.41, 5.74) is 0. The third kappa shape index (κ3) is 49.4. The van der Waals surface area contributed by atoms with E-state index in [1.165, 1.54) is 283 Å². The van der Waals surface area contributed by atoms with Crippen LogP contribution in [0.3, 0.4) is 0 Å². The van der Waals surface area contributed by atoms with Gasteiger partial charge in [-0.2, -0.15) is 8.42 Å². The maximum atomic E-state index is 13.2. The number of carbonyl (C=O) groups is 1. The maximum absolute atomic E-state index is 13.2. The van der Waals surface area contributed by atoms with E-state index >= 15 is 0 Å². The van der Waals surface area contributed by atoms with Crippen molar-refractivity contribution in [3.63, 3.8) is 0 Å². The molecule has 13 heteroatoms. The molecule has 1 aliphatic rings. The van der Waals surface area contributed by atoms with Gasteiger partial charge in [-0.15, -0.1) is 0 Å². The first-order valence-corrected chi connectivity index (χ1v) is 36.1. The van der Waals surface area contributed by atoms with Gasteiger partial charge < -0.3 is 35.2 Å². The van der Waals surface area contributed by atoms with Gasteiger partial charge in [-0.3, -0.25) is 9.35 Å². The van der Waals surface area contributed by atoms with Crippen LogP contribution < -0.4 is 5.32 Å². The second-order valence-electron chi connectivity index (χ2n) is 24.5. The topological polar surface area (TPSA) is 192 Å². The van der Waals surface area contributed by atoms with Crippen LogP contribution in [0.25, 0.3) is 0 Å². The fraction of sp³-hybridized carbons (Fsp3) is 0.926. The Hall–Kier alpha value is -1.42. The summed E-state index contributed by atoms with van der Waals surface area (Å²) in [5, 5.41) is 45.2. The average molecular weight is 1170 g/mol. The van der Waals surface area contributed by atoms with Crippen molar-refractivity contribution in [2.45, 2.75) is 391 Å². The number of hydrogen-bond acceptors (Lipinski definition) is 10. The zero-order chi connectivity index (χ0) is 59.0. The van der Waals surface area contributed by atoms with Gasteiger partial charge in [0.25, 0.3) is 0 Å². The SMILES string of the molecule is CCCCCCCCCCCCCC/C=C\CCCCCCCCCCCCCCCCCCC(=O)NC(COC1OC(CO)C(O)C(OS(=O)(=O)O)C1O)C(O)/C=C/CCCCCCCCCCCCCCCCCCCCCC. The zero-order valence-electron chi connectivity index (χ0n) is 52.6. The van der Waals surface area contributed by atoms with Gasteiger partial charge >= 0.3 is 10.4 Å². The van der Waals surface area contributed by atoms with Crippen molar-refractivity contribution in [2.75, 3.05) is 13.2 Å². The molecule has 12 nitrogen and oxygen atoms in total. The summed E-state index contributed by atoms with van der Waals surface area (Å²) in [5.74, 6) is -0.255. The molecule has 0 aromatic carbocycles. The number of ether oxygens (including phenoxy) is 2. The van der Waals surface area contributed by atoms with Gasteiger partial charge in [-0.05, 0) is 44.9 Å². The minimum Gasteiger partial charge on any atom is -0.394 e. The first-order valence-electron chi connectivity index (χ1n) is 34.7. The number of rotatable bonds is 62. The van der Waals surface area contributed by atoms with E-state index in [1.54, 1.807) is 6.08 Å². The van der Waals surface area contributed by atoms with Crippen molar-refractivity contribution in [3.8, 4) is 0 Å². The van der Waals surface area contributed by atoms with Gasteiger partial charge in [0.15, 0.2) is 6.29 Å². The summed E-state index contributed by atoms with van der Waals surface area (Å²) in [6.07, 6.45) is 65.4. The van der Waals surface area contributed by atoms with E-state index < -0.39 is 59.9 Å². The molecule has 7 unspecified atom stereocenters. The molecule has 0 radical (unpaired) electrons. The standard InChI is InChI=1S/C68H131NO11S/c1-3-5-7-9-11-13-15-17-19-21-23-25-27-28-29-30-31-32-33-34-35-36-38-40-42-44-46-48-50-52-54-56-58-64(72)69-61(60-78-68-66(74)67(80-81(75,76)77)65(73)63(59-70)79-68)62(71)57-55-53-51-49-47-45-43-41-39-37-26-24-22-20-18-16-14-12-10-8-6-4-2/h28-29,55,57,61-63,65-68,70-71,73-74H,3-27,30-54,56,58-60H2,1-2H3,(H,69,72)(H,75,76,77)/b29-28-,57-55+. The Labute approximate surface area is 499 Å². The normalized spacial score (nSPS) is 18.6. The van der Waals surface area contributed by atoms with Gasteiger partial charge in [-0.25, -0.2) is 4.18 Å². The summed E-state index contributed by atoms with van der Waals surface area (Å²) >= 11 is 0. The number of aliphatic hydroxyl groups is 4. The molecule has 0 aliphatic carbocycles. The van der Waals surface area contributed by atoms with E-state index in [0.29, 0.717) is 6.42 Å². The van der Waals surface area contributed by atoms with Crippen molar-refractivity contribution in [1.29, 1.82) is 0 Å². The molecular weight excluding hydrogens is 1040 g/mol. The first kappa shape index (κ1) is 77.6. The monoisotopic (exact) mass is 1170 g/mol. The highest BCUT2D eigenvalue weighted by Crippen LogP contribution is 2.26. The van der Waals surface area contributed by atoms with Crippen LogP contribution in [0.1, 0.15) is 348 Å². The summed E-state index contributed by atoms with van der Waals surface area (Å²) in [4.78, 5) is 13.2. The van der Waals surface area contributed by atoms with Crippen molar-refractivity contribution < 1.29 is 51.8 Å². The number of amides is 1. The summed E-state index contributed by atoms with van der Waals surface area (Å²) in [6.45, 7) is 3.46. The highest BCUT2D eigenvalue weighted by molar-refractivity contribution is 7.80. The van der Waals surface area contributed by atoms with Crippen molar-refractivity contribution >= 4 is 16.3 Å². The Kier molecular flexibility index (Phi) is 55.2. The Morgan fingerprint density at radius 3 is 1.11 bits per heavy atom. The van der Waals surface area contributed by atoms with E-state index in [2.05, 4.69) is 35.5 Å². The highest BCUT2D eigenvalue weighted by atomic mass is 32.3. The van der Waals surface area contributed by atoms with Crippen LogP contribution in [-0.4, -0.2) is 95.4 Å². The number of aliphatic hydroxyl groups excluding tert-OH is 4. The number of unbranched alkanes of at least 4 members (excludes halogenated alkanes) is 48. The van der Waals surface area contributed by atoms with Crippen LogP contribution in [0, 0.1) is 0 Å². The van der Waals surface area contributed by atoms with Gasteiger partial charge in [0.2, 0.25) is 5.91 Å². The third-order valence-corrected chi connectivity index (χ3v) is 17.2. The number of hydrogen-bond donors (Lipinski definition) is 6. The van der Waals surface area contributed by atoms with Crippen LogP contribution >= 0.6 is 0 Å². The molecule has 1 saturated heterocycles. The molecule has 7 atom stereocenters. The molecule has 0 aromatic heterocycles. The molecule has 0 bridgehead atoms. The van der Waals surface area contributed by atoms with E-state index in [4.69, 9.17) is 9.47 Å². The highest BCUT2D eigenvalue weighted by Gasteiger charge is 2.48. The lowest BCUT2D eigenvalue weighted by Gasteiger charge is -2.41. The molecule has 480 valence electrons. The molecule has 0 spiro atoms. The van der Waals surface area contributed by atoms with Crippen LogP contribution in [0.15, 0.2) is 24.3 Å². The second-order valence-corrected chi connectivity index (χ2v) is 25.5. The number of allylic oxidation sites excluding steroid dienone is 3. The molecule has 6 N–H and O–H groups in total. The minimum atomic E-state index is -5.09. The maximum Gasteiger partial charge on any atom is 0.397 e. The Balaban J connectivity index is 2.24. The fourth-order valence-electron chi connectivity index (χ4n) is 11.4. The predicted octanol–water partition coefficient (Wildman–Crippen LogP) is 17.9. The number of carbonyl (C=O) groups excluding carboxylic acids is 1. The van der Waals surface area contributed by atoms with Crippen LogP contribution in [0.2, 0.25) is 0 Å². The average Bonchev–Trinajstić information content (AvgIpc) is 3.52. The molecule has 1 amide bonds. The second kappa shape index (κ2) is 57.6. The zero-order valence-corrected chi connectivity index (χ0v) is 53.4. The molecule has 1 fully saturated rings. The van der Waals surface area contributed by atoms with Gasteiger partial charge in [0, 0.05) is 6.42 Å². The van der Waals surface area contributed by atoms with E-state index in [-0.39, 0.29) is 18.9 Å². The largest absolute Gasteiger partial charge is 0.397 e. The molecule has 0 aromatic rings. The number of nitrogens with one attached hydrogen (secondary N) is 1. The Morgan fingerprint density at radius 2 is 0.790 bits per heavy atom. The van der Waals surface area contributed by atoms with Crippen LogP contribution in [-0.2, 0) is 28.9 Å². The predicted molar refractivity (Wildman–Crippen MR) is 338 cm³/mol. The van der Waals surface area contributed by atoms with E-state index in [9.17, 15) is 38.2 Å². The smallest absolute Gasteiger partial charge is 0.394 e. The first-order chi connectivity index (χ1) is 39.5. The fourth-order valence-corrected chi connectivity index (χ4v) is 11.9. The lowest BCUT2D eigenvalue weighted by molar-refractivity contribution is -0.298. The Bertz CT molecular complexity index is 1520. The van der Waals surface area contributed by atoms with Gasteiger partial charge in [0.1, 0.15) is 24.4 Å². The molecule has 81 heavy (non-hydrogen) atoms. The van der Waals surface area contributed by atoms with Crippen LogP contribution in [0.5, 0.6) is 0 Å². The van der Waals surface area contributed by atoms with Crippen LogP contribution in [0.4, 0.5) is 0 Å². The van der Waals surface area contributed by atoms with Crippen molar-refractivity contribution in [3.05, 3.63) is 24.3 Å². The molecule has 1 heterocycles. The van der Waals surface area contributed by atoms with Gasteiger partial charge in [0.05, 0.1) is 25.4 Å². The van der Waals surface area contributed by atoms with Crippen molar-refractivity contribution in [1.82, 2.24) is 5.32 Å². The van der Waals surface area contributed by atoms with E-state index in [1.807, 2.05) is 6.08 Å². The van der Waals surface area contributed by atoms with Gasteiger partial charge in [-0.1, -0.05) is 321 Å². The van der Waals surface area contributed by atoms with E-state index in [0.717, 1.165) is 38.5 Å². The Morgan fingerprint density at radius 1 is 0.481 bits per heavy atom. The molecule has 1 aliphatic heterocycles. The quantitative estimate of drug-likeness (QED) is 0.0193. The third-order valence-electron chi connectivity index (χ3n) is 16.7.